The Morgan fingerprint density at radius 2 is 1.87 bits per heavy atom. The molecule has 4 rings (SSSR count). The quantitative estimate of drug-likeness (QED) is 0.687. The molecule has 1 N–H and O–H groups in total. The molecule has 0 saturated carbocycles. The molecule has 1 fully saturated rings. The van der Waals surface area contributed by atoms with Crippen LogP contribution in [0.2, 0.25) is 0 Å². The van der Waals surface area contributed by atoms with Crippen LogP contribution in [0.5, 0.6) is 0 Å². The first-order chi connectivity index (χ1) is 14.4. The number of carbonyl (C=O) groups is 1. The Bertz CT molecular complexity index is 1000. The number of amides is 1. The Morgan fingerprint density at radius 1 is 1.17 bits per heavy atom. The number of nitrogens with one attached hydrogen (secondary N) is 1. The normalized spacial score (nSPS) is 20.0. The maximum atomic E-state index is 14.5. The van der Waals surface area contributed by atoms with Crippen LogP contribution >= 0.6 is 0 Å². The van der Waals surface area contributed by atoms with Gasteiger partial charge in [-0.3, -0.25) is 9.69 Å². The number of H-pyrrole nitrogens is 1. The number of rotatable bonds is 5. The topological polar surface area (TPSA) is 52.2 Å². The molecule has 156 valence electrons. The number of aromatic amines is 1. The second-order valence-corrected chi connectivity index (χ2v) is 8.16. The van der Waals surface area contributed by atoms with Gasteiger partial charge in [-0.1, -0.05) is 60.2 Å². The molecule has 0 bridgehead atoms. The third-order valence-corrected chi connectivity index (χ3v) is 5.67. The fourth-order valence-electron chi connectivity index (χ4n) is 4.13. The summed E-state index contributed by atoms with van der Waals surface area (Å²) in [7, 11) is 3.74. The molecule has 1 unspecified atom stereocenters. The SMILES string of the molecule is Cc1ccc(-c2cnc([C@@H]3CC(F)CN3C(=O)[C@@H](c3ccccc3)N(C)C)[nH]2)cc1. The molecule has 3 aromatic rings. The summed E-state index contributed by atoms with van der Waals surface area (Å²) in [4.78, 5) is 24.9. The minimum Gasteiger partial charge on any atom is -0.340 e. The zero-order valence-electron chi connectivity index (χ0n) is 17.5. The first-order valence-corrected chi connectivity index (χ1v) is 10.2. The molecule has 1 aromatic heterocycles. The molecule has 30 heavy (non-hydrogen) atoms. The van der Waals surface area contributed by atoms with Gasteiger partial charge < -0.3 is 9.88 Å². The van der Waals surface area contributed by atoms with Crippen LogP contribution in [0.15, 0.2) is 60.8 Å². The van der Waals surface area contributed by atoms with Crippen LogP contribution in [0.25, 0.3) is 11.3 Å². The van der Waals surface area contributed by atoms with E-state index in [4.69, 9.17) is 0 Å². The van der Waals surface area contributed by atoms with E-state index in [1.165, 1.54) is 5.56 Å². The highest BCUT2D eigenvalue weighted by atomic mass is 19.1. The van der Waals surface area contributed by atoms with E-state index >= 15 is 0 Å². The van der Waals surface area contributed by atoms with E-state index in [0.29, 0.717) is 5.82 Å². The molecule has 2 heterocycles. The maximum Gasteiger partial charge on any atom is 0.245 e. The molecule has 5 nitrogen and oxygen atoms in total. The minimum absolute atomic E-state index is 0.0846. The number of imidazole rings is 1. The highest BCUT2D eigenvalue weighted by Crippen LogP contribution is 2.36. The molecule has 1 aliphatic rings. The van der Waals surface area contributed by atoms with Crippen molar-refractivity contribution in [3.8, 4) is 11.3 Å². The van der Waals surface area contributed by atoms with Crippen LogP contribution in [0.1, 0.15) is 35.5 Å². The highest BCUT2D eigenvalue weighted by Gasteiger charge is 2.41. The summed E-state index contributed by atoms with van der Waals surface area (Å²) in [5.74, 6) is 0.522. The van der Waals surface area contributed by atoms with Crippen molar-refractivity contribution in [2.75, 3.05) is 20.6 Å². The van der Waals surface area contributed by atoms with Crippen LogP contribution in [0.4, 0.5) is 4.39 Å². The number of aryl methyl sites for hydroxylation is 1. The van der Waals surface area contributed by atoms with Crippen LogP contribution in [-0.4, -0.2) is 52.5 Å². The second kappa shape index (κ2) is 8.40. The van der Waals surface area contributed by atoms with E-state index in [2.05, 4.69) is 9.97 Å². The van der Waals surface area contributed by atoms with Crippen molar-refractivity contribution in [3.63, 3.8) is 0 Å². The maximum absolute atomic E-state index is 14.5. The number of aromatic nitrogens is 2. The summed E-state index contributed by atoms with van der Waals surface area (Å²) < 4.78 is 14.5. The van der Waals surface area contributed by atoms with Gasteiger partial charge in [0, 0.05) is 6.42 Å². The number of benzene rings is 2. The zero-order valence-corrected chi connectivity index (χ0v) is 17.5. The summed E-state index contributed by atoms with van der Waals surface area (Å²) in [5, 5.41) is 0. The van der Waals surface area contributed by atoms with Gasteiger partial charge in [-0.25, -0.2) is 9.37 Å². The smallest absolute Gasteiger partial charge is 0.245 e. The largest absolute Gasteiger partial charge is 0.340 e. The Hall–Kier alpha value is -2.99. The lowest BCUT2D eigenvalue weighted by Gasteiger charge is -2.31. The molecular weight excluding hydrogens is 379 g/mol. The first kappa shape index (κ1) is 20.3. The number of likely N-dealkylation sites (N-methyl/N-ethyl adjacent to an activating group) is 1. The number of halogens is 1. The van der Waals surface area contributed by atoms with Crippen LogP contribution in [-0.2, 0) is 4.79 Å². The van der Waals surface area contributed by atoms with Crippen molar-refractivity contribution in [3.05, 3.63) is 77.7 Å². The predicted octanol–water partition coefficient (Wildman–Crippen LogP) is 4.30. The molecule has 3 atom stereocenters. The fraction of sp³-hybridized carbons (Fsp3) is 0.333. The molecule has 0 radical (unpaired) electrons. The van der Waals surface area contributed by atoms with E-state index in [9.17, 15) is 9.18 Å². The van der Waals surface area contributed by atoms with Gasteiger partial charge in [-0.05, 0) is 32.1 Å². The average Bonchev–Trinajstić information content (AvgIpc) is 3.36. The number of nitrogens with zero attached hydrogens (tertiary/aromatic N) is 3. The van der Waals surface area contributed by atoms with Crippen LogP contribution in [0, 0.1) is 6.92 Å². The second-order valence-electron chi connectivity index (χ2n) is 8.16. The van der Waals surface area contributed by atoms with Gasteiger partial charge >= 0.3 is 0 Å². The standard InChI is InChI=1S/C24H27FN4O/c1-16-9-11-17(12-10-16)20-14-26-23(27-20)21-13-19(25)15-29(21)24(30)22(28(2)3)18-7-5-4-6-8-18/h4-12,14,19,21-22H,13,15H2,1-3H3,(H,26,27)/t19?,21-,22+/m0/s1. The summed E-state index contributed by atoms with van der Waals surface area (Å²) in [5.41, 5.74) is 3.96. The molecule has 1 aliphatic heterocycles. The lowest BCUT2D eigenvalue weighted by molar-refractivity contribution is -0.137. The lowest BCUT2D eigenvalue weighted by Crippen LogP contribution is -2.40. The van der Waals surface area contributed by atoms with Crippen molar-refractivity contribution in [1.29, 1.82) is 0 Å². The lowest BCUT2D eigenvalue weighted by atomic mass is 10.0. The molecule has 6 heteroatoms. The van der Waals surface area contributed by atoms with Gasteiger partial charge in [0.15, 0.2) is 0 Å². The minimum atomic E-state index is -1.06. The third-order valence-electron chi connectivity index (χ3n) is 5.67. The Labute approximate surface area is 176 Å². The third kappa shape index (κ3) is 4.00. The number of hydrogen-bond acceptors (Lipinski definition) is 3. The predicted molar refractivity (Wildman–Crippen MR) is 116 cm³/mol. The Balaban J connectivity index is 1.62. The molecule has 1 saturated heterocycles. The van der Waals surface area contributed by atoms with E-state index in [-0.39, 0.29) is 18.9 Å². The van der Waals surface area contributed by atoms with Crippen molar-refractivity contribution in [2.24, 2.45) is 0 Å². The van der Waals surface area contributed by atoms with Gasteiger partial charge in [-0.15, -0.1) is 0 Å². The number of hydrogen-bond donors (Lipinski definition) is 1. The van der Waals surface area contributed by atoms with Gasteiger partial charge in [0.1, 0.15) is 18.0 Å². The van der Waals surface area contributed by atoms with Gasteiger partial charge in [0.25, 0.3) is 0 Å². The summed E-state index contributed by atoms with van der Waals surface area (Å²) in [6, 6.07) is 16.9. The highest BCUT2D eigenvalue weighted by molar-refractivity contribution is 5.84. The number of carbonyl (C=O) groups excluding carboxylic acids is 1. The van der Waals surface area contributed by atoms with E-state index in [1.807, 2.05) is 80.5 Å². The van der Waals surface area contributed by atoms with Crippen LogP contribution in [0.3, 0.4) is 0 Å². The van der Waals surface area contributed by atoms with Crippen LogP contribution < -0.4 is 0 Å². The van der Waals surface area contributed by atoms with Crippen molar-refractivity contribution >= 4 is 5.91 Å². The van der Waals surface area contributed by atoms with Crippen molar-refractivity contribution in [2.45, 2.75) is 31.6 Å². The van der Waals surface area contributed by atoms with Crippen molar-refractivity contribution in [1.82, 2.24) is 19.8 Å². The number of alkyl halides is 1. The molecular formula is C24H27FN4O. The monoisotopic (exact) mass is 406 g/mol. The zero-order chi connectivity index (χ0) is 21.3. The Morgan fingerprint density at radius 3 is 2.53 bits per heavy atom. The van der Waals surface area contributed by atoms with E-state index in [1.54, 1.807) is 11.1 Å². The van der Waals surface area contributed by atoms with Gasteiger partial charge in [0.2, 0.25) is 5.91 Å². The summed E-state index contributed by atoms with van der Waals surface area (Å²) >= 11 is 0. The molecule has 0 spiro atoms. The molecule has 2 aromatic carbocycles. The summed E-state index contributed by atoms with van der Waals surface area (Å²) in [6.45, 7) is 2.13. The van der Waals surface area contributed by atoms with E-state index in [0.717, 1.165) is 16.8 Å². The molecule has 0 aliphatic carbocycles. The summed E-state index contributed by atoms with van der Waals surface area (Å²) in [6.07, 6.45) is 0.946. The van der Waals surface area contributed by atoms with Gasteiger partial charge in [-0.2, -0.15) is 0 Å². The Kier molecular flexibility index (Phi) is 5.68. The van der Waals surface area contributed by atoms with Gasteiger partial charge in [0.05, 0.1) is 24.5 Å². The number of likely N-dealkylation sites (tertiary alicyclic amines) is 1. The van der Waals surface area contributed by atoms with E-state index < -0.39 is 18.3 Å². The first-order valence-electron chi connectivity index (χ1n) is 10.2. The fourth-order valence-corrected chi connectivity index (χ4v) is 4.13. The van der Waals surface area contributed by atoms with Crippen molar-refractivity contribution < 1.29 is 9.18 Å². The molecule has 1 amide bonds. The average molecular weight is 407 g/mol.